The molecular weight excluding hydrogens is 260 g/mol. The SMILES string of the molecule is NC1CCCC(CNC(=O)C2CCCc3ccccc32)C1. The molecule has 0 spiro atoms. The molecule has 3 unspecified atom stereocenters. The molecule has 0 radical (unpaired) electrons. The standard InChI is InChI=1S/C18H26N2O/c19-15-8-3-5-13(11-15)12-20-18(21)17-10-4-7-14-6-1-2-9-16(14)17/h1-2,6,9,13,15,17H,3-5,7-8,10-12,19H2,(H,20,21). The summed E-state index contributed by atoms with van der Waals surface area (Å²) in [5, 5.41) is 3.19. The van der Waals surface area contributed by atoms with E-state index in [0.717, 1.165) is 38.6 Å². The van der Waals surface area contributed by atoms with Crippen molar-refractivity contribution in [3.05, 3.63) is 35.4 Å². The van der Waals surface area contributed by atoms with Crippen molar-refractivity contribution in [2.75, 3.05) is 6.54 Å². The Balaban J connectivity index is 1.59. The highest BCUT2D eigenvalue weighted by Gasteiger charge is 2.27. The smallest absolute Gasteiger partial charge is 0.227 e. The first kappa shape index (κ1) is 14.6. The van der Waals surface area contributed by atoms with Crippen LogP contribution in [0.4, 0.5) is 0 Å². The van der Waals surface area contributed by atoms with Crippen LogP contribution in [0, 0.1) is 5.92 Å². The van der Waals surface area contributed by atoms with E-state index in [1.165, 1.54) is 24.0 Å². The van der Waals surface area contributed by atoms with Crippen LogP contribution in [0.5, 0.6) is 0 Å². The van der Waals surface area contributed by atoms with Crippen LogP contribution in [0.1, 0.15) is 55.6 Å². The van der Waals surface area contributed by atoms with Gasteiger partial charge in [0.15, 0.2) is 0 Å². The van der Waals surface area contributed by atoms with Crippen molar-refractivity contribution in [1.29, 1.82) is 0 Å². The van der Waals surface area contributed by atoms with Gasteiger partial charge >= 0.3 is 0 Å². The molecule has 3 heteroatoms. The second-order valence-corrected chi connectivity index (χ2v) is 6.68. The average molecular weight is 286 g/mol. The monoisotopic (exact) mass is 286 g/mol. The Labute approximate surface area is 127 Å². The van der Waals surface area contributed by atoms with E-state index in [9.17, 15) is 4.79 Å². The lowest BCUT2D eigenvalue weighted by molar-refractivity contribution is -0.123. The number of carbonyl (C=O) groups is 1. The summed E-state index contributed by atoms with van der Waals surface area (Å²) in [5.74, 6) is 0.824. The van der Waals surface area contributed by atoms with Gasteiger partial charge in [0.05, 0.1) is 5.92 Å². The Hall–Kier alpha value is -1.35. The number of aryl methyl sites for hydroxylation is 1. The fourth-order valence-electron chi connectivity index (χ4n) is 3.91. The summed E-state index contributed by atoms with van der Waals surface area (Å²) < 4.78 is 0. The van der Waals surface area contributed by atoms with Gasteiger partial charge in [0.25, 0.3) is 0 Å². The first-order valence-electron chi connectivity index (χ1n) is 8.35. The average Bonchev–Trinajstić information content (AvgIpc) is 2.52. The molecule has 0 saturated heterocycles. The van der Waals surface area contributed by atoms with Crippen molar-refractivity contribution >= 4 is 5.91 Å². The zero-order valence-electron chi connectivity index (χ0n) is 12.7. The van der Waals surface area contributed by atoms with E-state index in [0.29, 0.717) is 12.0 Å². The minimum absolute atomic E-state index is 0.0483. The molecule has 3 N–H and O–H groups in total. The third kappa shape index (κ3) is 3.46. The van der Waals surface area contributed by atoms with E-state index < -0.39 is 0 Å². The van der Waals surface area contributed by atoms with E-state index in [4.69, 9.17) is 5.73 Å². The number of carbonyl (C=O) groups excluding carboxylic acids is 1. The maximum absolute atomic E-state index is 12.5. The number of hydrogen-bond acceptors (Lipinski definition) is 2. The Morgan fingerprint density at radius 3 is 2.90 bits per heavy atom. The van der Waals surface area contributed by atoms with Crippen LogP contribution in [0.15, 0.2) is 24.3 Å². The molecule has 1 aromatic carbocycles. The van der Waals surface area contributed by atoms with E-state index in [1.54, 1.807) is 0 Å². The fraction of sp³-hybridized carbons (Fsp3) is 0.611. The Bertz CT molecular complexity index is 500. The molecule has 0 heterocycles. The van der Waals surface area contributed by atoms with Gasteiger partial charge in [0, 0.05) is 12.6 Å². The van der Waals surface area contributed by atoms with Gasteiger partial charge in [0.2, 0.25) is 5.91 Å². The highest BCUT2D eigenvalue weighted by atomic mass is 16.1. The number of amides is 1. The van der Waals surface area contributed by atoms with Crippen molar-refractivity contribution < 1.29 is 4.79 Å². The largest absolute Gasteiger partial charge is 0.355 e. The van der Waals surface area contributed by atoms with Crippen LogP contribution in [0.25, 0.3) is 0 Å². The number of fused-ring (bicyclic) bond motifs is 1. The molecule has 1 amide bonds. The molecule has 0 bridgehead atoms. The van der Waals surface area contributed by atoms with Gasteiger partial charge in [-0.15, -0.1) is 0 Å². The number of rotatable bonds is 3. The molecule has 1 saturated carbocycles. The summed E-state index contributed by atoms with van der Waals surface area (Å²) in [7, 11) is 0. The second kappa shape index (κ2) is 6.61. The third-order valence-corrected chi connectivity index (χ3v) is 5.07. The molecule has 114 valence electrons. The number of nitrogens with one attached hydrogen (secondary N) is 1. The molecule has 21 heavy (non-hydrogen) atoms. The highest BCUT2D eigenvalue weighted by molar-refractivity contribution is 5.84. The third-order valence-electron chi connectivity index (χ3n) is 5.07. The minimum atomic E-state index is 0.0483. The summed E-state index contributed by atoms with van der Waals surface area (Å²) in [6.45, 7) is 0.797. The summed E-state index contributed by atoms with van der Waals surface area (Å²) in [4.78, 5) is 12.5. The molecule has 1 aromatic rings. The van der Waals surface area contributed by atoms with E-state index in [-0.39, 0.29) is 11.8 Å². The second-order valence-electron chi connectivity index (χ2n) is 6.68. The Morgan fingerprint density at radius 1 is 1.19 bits per heavy atom. The van der Waals surface area contributed by atoms with Crippen LogP contribution in [0.3, 0.4) is 0 Å². The molecule has 1 fully saturated rings. The van der Waals surface area contributed by atoms with Crippen molar-refractivity contribution in [3.8, 4) is 0 Å². The zero-order chi connectivity index (χ0) is 14.7. The Kier molecular flexibility index (Phi) is 4.59. The van der Waals surface area contributed by atoms with Gasteiger partial charge in [0.1, 0.15) is 0 Å². The van der Waals surface area contributed by atoms with Crippen LogP contribution >= 0.6 is 0 Å². The van der Waals surface area contributed by atoms with Gasteiger partial charge < -0.3 is 11.1 Å². The molecule has 3 atom stereocenters. The quantitative estimate of drug-likeness (QED) is 0.897. The maximum Gasteiger partial charge on any atom is 0.227 e. The van der Waals surface area contributed by atoms with E-state index in [1.807, 2.05) is 6.07 Å². The van der Waals surface area contributed by atoms with Crippen LogP contribution in [-0.2, 0) is 11.2 Å². The minimum Gasteiger partial charge on any atom is -0.355 e. The van der Waals surface area contributed by atoms with Crippen molar-refractivity contribution in [3.63, 3.8) is 0 Å². The topological polar surface area (TPSA) is 55.1 Å². The van der Waals surface area contributed by atoms with E-state index >= 15 is 0 Å². The summed E-state index contributed by atoms with van der Waals surface area (Å²) in [5.41, 5.74) is 8.61. The summed E-state index contributed by atoms with van der Waals surface area (Å²) in [6, 6.07) is 8.73. The molecular formula is C18H26N2O. The van der Waals surface area contributed by atoms with Gasteiger partial charge in [-0.05, 0) is 55.6 Å². The van der Waals surface area contributed by atoms with Gasteiger partial charge in [-0.3, -0.25) is 4.79 Å². The first-order valence-corrected chi connectivity index (χ1v) is 8.35. The van der Waals surface area contributed by atoms with E-state index in [2.05, 4.69) is 23.5 Å². The first-order chi connectivity index (χ1) is 10.2. The van der Waals surface area contributed by atoms with Crippen LogP contribution in [0.2, 0.25) is 0 Å². The zero-order valence-corrected chi connectivity index (χ0v) is 12.7. The normalized spacial score (nSPS) is 28.7. The molecule has 2 aliphatic carbocycles. The van der Waals surface area contributed by atoms with Crippen molar-refractivity contribution in [2.24, 2.45) is 11.7 Å². The number of nitrogens with two attached hydrogens (primary N) is 1. The lowest BCUT2D eigenvalue weighted by Gasteiger charge is -2.28. The maximum atomic E-state index is 12.5. The van der Waals surface area contributed by atoms with Crippen molar-refractivity contribution in [2.45, 2.75) is 56.9 Å². The fourth-order valence-corrected chi connectivity index (χ4v) is 3.91. The summed E-state index contributed by atoms with van der Waals surface area (Å²) in [6.07, 6.45) is 7.80. The number of benzene rings is 1. The molecule has 3 rings (SSSR count). The van der Waals surface area contributed by atoms with Crippen molar-refractivity contribution in [1.82, 2.24) is 5.32 Å². The molecule has 0 aliphatic heterocycles. The predicted octanol–water partition coefficient (Wildman–Crippen LogP) is 2.74. The molecule has 2 aliphatic rings. The Morgan fingerprint density at radius 2 is 2.05 bits per heavy atom. The van der Waals surface area contributed by atoms with Gasteiger partial charge in [-0.1, -0.05) is 30.7 Å². The van der Waals surface area contributed by atoms with Gasteiger partial charge in [-0.25, -0.2) is 0 Å². The highest BCUT2D eigenvalue weighted by Crippen LogP contribution is 2.31. The lowest BCUT2D eigenvalue weighted by atomic mass is 9.82. The summed E-state index contributed by atoms with van der Waals surface area (Å²) >= 11 is 0. The predicted molar refractivity (Wildman–Crippen MR) is 85.1 cm³/mol. The lowest BCUT2D eigenvalue weighted by Crippen LogP contribution is -2.38. The van der Waals surface area contributed by atoms with Crippen LogP contribution in [-0.4, -0.2) is 18.5 Å². The van der Waals surface area contributed by atoms with Gasteiger partial charge in [-0.2, -0.15) is 0 Å². The molecule has 3 nitrogen and oxygen atoms in total. The number of hydrogen-bond donors (Lipinski definition) is 2. The molecule has 0 aromatic heterocycles. The van der Waals surface area contributed by atoms with Crippen LogP contribution < -0.4 is 11.1 Å².